The Kier molecular flexibility index (Phi) is 3.13. The van der Waals surface area contributed by atoms with Crippen LogP contribution in [0.3, 0.4) is 0 Å². The van der Waals surface area contributed by atoms with Gasteiger partial charge in [0.1, 0.15) is 0 Å². The van der Waals surface area contributed by atoms with Gasteiger partial charge >= 0.3 is 5.68 Å². The lowest BCUT2D eigenvalue weighted by Crippen LogP contribution is -1.78. The molecule has 0 heterocycles. The van der Waals surface area contributed by atoms with Gasteiger partial charge in [-0.25, -0.2) is 0 Å². The Balaban J connectivity index is 3.29. The van der Waals surface area contributed by atoms with Crippen LogP contribution in [0.15, 0.2) is 5.03 Å². The molecule has 0 N–H and O–H groups in total. The highest BCUT2D eigenvalue weighted by Crippen LogP contribution is 1.94. The van der Waals surface area contributed by atoms with E-state index in [1.54, 1.807) is 0 Å². The normalized spacial score (nSPS) is 6.33. The molecule has 6 heteroatoms. The van der Waals surface area contributed by atoms with Gasteiger partial charge in [-0.15, -0.1) is 5.03 Å². The zero-order chi connectivity index (χ0) is 4.99. The molecule has 0 aliphatic heterocycles. The molecule has 0 amide bonds. The van der Waals surface area contributed by atoms with Crippen LogP contribution in [-0.4, -0.2) is 5.68 Å². The van der Waals surface area contributed by atoms with Gasteiger partial charge < -0.3 is 0 Å². The minimum Gasteiger partial charge on any atom is -0.165 e. The minimum absolute atomic E-state index is 0.949. The highest BCUT2D eigenvalue weighted by atomic mass is 35.5. The Labute approximate surface area is 44.8 Å². The fourth-order valence-electron chi connectivity index (χ4n) is 0.0390. The standard InChI is InChI=1S/BCl2N3/c2-1(3)5-6-4. The van der Waals surface area contributed by atoms with E-state index in [1.165, 1.54) is 0 Å². The Morgan fingerprint density at radius 1 is 1.67 bits per heavy atom. The first-order valence-electron chi connectivity index (χ1n) is 1.09. The smallest absolute Gasteiger partial charge is 0.165 e. The summed E-state index contributed by atoms with van der Waals surface area (Å²) < 4.78 is 0. The van der Waals surface area contributed by atoms with Crippen molar-refractivity contribution in [2.45, 2.75) is 0 Å². The predicted molar refractivity (Wildman–Crippen MR) is 26.6 cm³/mol. The van der Waals surface area contributed by atoms with E-state index < -0.39 is 5.68 Å². The van der Waals surface area contributed by atoms with Gasteiger partial charge in [-0.05, 0) is 10.4 Å². The molecule has 0 saturated carbocycles. The summed E-state index contributed by atoms with van der Waals surface area (Å²) in [4.78, 5) is 2.30. The van der Waals surface area contributed by atoms with E-state index in [-0.39, 0.29) is 0 Å². The Morgan fingerprint density at radius 3 is 2.17 bits per heavy atom. The lowest BCUT2D eigenvalue weighted by Gasteiger charge is -1.69. The maximum atomic E-state index is 7.53. The second-order valence-corrected chi connectivity index (χ2v) is 1.53. The molecule has 0 saturated heterocycles. The van der Waals surface area contributed by atoms with E-state index in [4.69, 9.17) is 28.5 Å². The van der Waals surface area contributed by atoms with Crippen molar-refractivity contribution in [1.29, 1.82) is 0 Å². The quantitative estimate of drug-likeness (QED) is 0.221. The number of halogens is 2. The monoisotopic (exact) mass is 123 g/mol. The van der Waals surface area contributed by atoms with Crippen molar-refractivity contribution in [3.8, 4) is 0 Å². The zero-order valence-corrected chi connectivity index (χ0v) is 4.19. The van der Waals surface area contributed by atoms with Crippen LogP contribution in [-0.2, 0) is 0 Å². The second kappa shape index (κ2) is 3.16. The molecule has 3 nitrogen and oxygen atoms in total. The molecule has 0 radical (unpaired) electrons. The van der Waals surface area contributed by atoms with E-state index >= 15 is 0 Å². The van der Waals surface area contributed by atoms with Crippen LogP contribution in [0, 0.1) is 0 Å². The SMILES string of the molecule is [N-]=[N+]=NB(Cl)Cl. The van der Waals surface area contributed by atoms with Crippen LogP contribution in [0.25, 0.3) is 10.4 Å². The fourth-order valence-corrected chi connectivity index (χ4v) is 0.117. The first-order chi connectivity index (χ1) is 2.77. The van der Waals surface area contributed by atoms with Crippen LogP contribution < -0.4 is 0 Å². The minimum atomic E-state index is -0.949. The molecule has 0 aliphatic carbocycles. The third kappa shape index (κ3) is 3.95. The van der Waals surface area contributed by atoms with Crippen molar-refractivity contribution >= 4 is 28.6 Å². The average Bonchev–Trinajstić information content (AvgIpc) is 1.35. The summed E-state index contributed by atoms with van der Waals surface area (Å²) in [5.74, 6) is 0. The third-order valence-corrected chi connectivity index (χ3v) is 0.314. The fraction of sp³-hybridized carbons (Fsp3) is 0. The van der Waals surface area contributed by atoms with Crippen LogP contribution in [0.4, 0.5) is 0 Å². The van der Waals surface area contributed by atoms with Gasteiger partial charge in [0.05, 0.1) is 0 Å². The Hall–Kier alpha value is -0.0451. The first-order valence-corrected chi connectivity index (χ1v) is 1.97. The molecule has 0 spiro atoms. The number of hydrogen-bond acceptors (Lipinski definition) is 1. The first kappa shape index (κ1) is 5.95. The third-order valence-electron chi connectivity index (χ3n) is 0.139. The highest BCUT2D eigenvalue weighted by molar-refractivity contribution is 7.32. The average molecular weight is 124 g/mol. The van der Waals surface area contributed by atoms with E-state index in [1.807, 2.05) is 0 Å². The summed E-state index contributed by atoms with van der Waals surface area (Å²) in [6, 6.07) is 0. The number of rotatable bonds is 1. The van der Waals surface area contributed by atoms with Crippen molar-refractivity contribution in [1.82, 2.24) is 0 Å². The van der Waals surface area contributed by atoms with Crippen LogP contribution in [0.5, 0.6) is 0 Å². The molecule has 0 atom stereocenters. The predicted octanol–water partition coefficient (Wildman–Crippen LogP) is 1.76. The molecule has 0 aromatic rings. The molecular formula is BCl2N3. The number of hydrogen-bond donors (Lipinski definition) is 0. The molecule has 6 heavy (non-hydrogen) atoms. The Morgan fingerprint density at radius 2 is 2.17 bits per heavy atom. The van der Waals surface area contributed by atoms with Crippen molar-refractivity contribution in [2.75, 3.05) is 0 Å². The zero-order valence-electron chi connectivity index (χ0n) is 2.67. The maximum absolute atomic E-state index is 7.53. The van der Waals surface area contributed by atoms with Gasteiger partial charge in [0.15, 0.2) is 0 Å². The topological polar surface area (TPSA) is 48.8 Å². The van der Waals surface area contributed by atoms with Crippen molar-refractivity contribution in [2.24, 2.45) is 5.03 Å². The van der Waals surface area contributed by atoms with Gasteiger partial charge in [0.25, 0.3) is 0 Å². The lowest BCUT2D eigenvalue weighted by molar-refractivity contribution is 1.76. The van der Waals surface area contributed by atoms with Gasteiger partial charge in [0.2, 0.25) is 0 Å². The Bertz CT molecular complexity index is 72.9. The summed E-state index contributed by atoms with van der Waals surface area (Å²) >= 11 is 9.85. The molecule has 0 fully saturated rings. The van der Waals surface area contributed by atoms with Crippen LogP contribution in [0.1, 0.15) is 0 Å². The summed E-state index contributed by atoms with van der Waals surface area (Å²) in [5.41, 5.74) is 6.58. The van der Waals surface area contributed by atoms with Crippen molar-refractivity contribution < 1.29 is 0 Å². The molecule has 0 aliphatic rings. The summed E-state index contributed by atoms with van der Waals surface area (Å²) in [5, 5.41) is 2.84. The van der Waals surface area contributed by atoms with Gasteiger partial charge in [0, 0.05) is 0 Å². The van der Waals surface area contributed by atoms with E-state index in [0.717, 1.165) is 0 Å². The van der Waals surface area contributed by atoms with Crippen LogP contribution >= 0.6 is 22.9 Å². The molecule has 0 aromatic heterocycles. The van der Waals surface area contributed by atoms with Gasteiger partial charge in [-0.2, -0.15) is 22.9 Å². The molecular weight excluding hydrogens is 124 g/mol. The maximum Gasteiger partial charge on any atom is 0.444 e. The second-order valence-electron chi connectivity index (χ2n) is 0.483. The summed E-state index contributed by atoms with van der Waals surface area (Å²) in [7, 11) is 0. The van der Waals surface area contributed by atoms with Gasteiger partial charge in [-0.3, -0.25) is 0 Å². The largest absolute Gasteiger partial charge is 0.444 e. The number of azide groups is 1. The molecule has 0 unspecified atom stereocenters. The molecule has 32 valence electrons. The molecule has 0 rings (SSSR count). The van der Waals surface area contributed by atoms with Crippen molar-refractivity contribution in [3.63, 3.8) is 0 Å². The molecule has 0 aromatic carbocycles. The van der Waals surface area contributed by atoms with E-state index in [2.05, 4.69) is 9.94 Å². The van der Waals surface area contributed by atoms with E-state index in [0.29, 0.717) is 0 Å². The molecule has 0 bridgehead atoms. The highest BCUT2D eigenvalue weighted by Gasteiger charge is 1.96. The summed E-state index contributed by atoms with van der Waals surface area (Å²) in [6.07, 6.45) is 0. The van der Waals surface area contributed by atoms with Gasteiger partial charge in [-0.1, -0.05) is 0 Å². The number of nitrogens with zero attached hydrogens (tertiary/aromatic N) is 3. The van der Waals surface area contributed by atoms with E-state index in [9.17, 15) is 0 Å². The lowest BCUT2D eigenvalue weighted by atomic mass is 10.4. The van der Waals surface area contributed by atoms with Crippen molar-refractivity contribution in [3.05, 3.63) is 10.4 Å². The van der Waals surface area contributed by atoms with Crippen LogP contribution in [0.2, 0.25) is 0 Å². The summed E-state index contributed by atoms with van der Waals surface area (Å²) in [6.45, 7) is 0.